The molecule has 8 heteroatoms. The Morgan fingerprint density at radius 2 is 1.59 bits per heavy atom. The maximum Gasteiger partial charge on any atom is 0.339 e. The number of aryl methyl sites for hydroxylation is 3. The molecule has 0 amide bonds. The molecule has 1 heterocycles. The predicted octanol–water partition coefficient (Wildman–Crippen LogP) is 3.94. The van der Waals surface area contributed by atoms with Crippen molar-refractivity contribution < 1.29 is 22.4 Å². The van der Waals surface area contributed by atoms with E-state index in [1.165, 1.54) is 12.1 Å². The van der Waals surface area contributed by atoms with Crippen LogP contribution < -0.4 is 15.1 Å². The van der Waals surface area contributed by atoms with Crippen molar-refractivity contribution in [3.63, 3.8) is 0 Å². The lowest BCUT2D eigenvalue weighted by Crippen LogP contribution is -2.46. The number of ether oxygens (including phenoxy) is 1. The molecule has 7 nitrogen and oxygen atoms in total. The Balaban J connectivity index is 1.98. The van der Waals surface area contributed by atoms with E-state index in [4.69, 9.17) is 9.15 Å². The molecule has 0 spiro atoms. The molecule has 0 radical (unpaired) electrons. The average Bonchev–Trinajstić information content (AvgIpc) is 2.70. The zero-order valence-corrected chi connectivity index (χ0v) is 19.8. The number of fused-ring (bicyclic) bond motifs is 1. The summed E-state index contributed by atoms with van der Waals surface area (Å²) in [6, 6.07) is 8.60. The van der Waals surface area contributed by atoms with Gasteiger partial charge in [-0.1, -0.05) is 31.5 Å². The fourth-order valence-corrected chi connectivity index (χ4v) is 4.68. The number of hydrogen-bond donors (Lipinski definition) is 1. The molecule has 0 aliphatic carbocycles. The SMILES string of the molecule is Cc1ccc(S(=O)(=O)NC(C(=O)Oc2cc(C)cc3oc(=O)c(C)c(C)c23)C(C)C)cc1. The number of nitrogens with one attached hydrogen (secondary N) is 1. The highest BCUT2D eigenvalue weighted by Crippen LogP contribution is 2.31. The quantitative estimate of drug-likeness (QED) is 0.342. The van der Waals surface area contributed by atoms with Crippen LogP contribution in [0.5, 0.6) is 5.75 Å². The molecule has 0 bridgehead atoms. The average molecular weight is 458 g/mol. The van der Waals surface area contributed by atoms with Crippen LogP contribution in [0.25, 0.3) is 11.0 Å². The first-order valence-corrected chi connectivity index (χ1v) is 11.7. The van der Waals surface area contributed by atoms with Gasteiger partial charge >= 0.3 is 11.6 Å². The first kappa shape index (κ1) is 23.7. The van der Waals surface area contributed by atoms with E-state index in [1.807, 2.05) is 6.92 Å². The highest BCUT2D eigenvalue weighted by atomic mass is 32.2. The molecular formula is C24H27NO6S. The number of rotatable bonds is 6. The topological polar surface area (TPSA) is 103 Å². The highest BCUT2D eigenvalue weighted by Gasteiger charge is 2.31. The van der Waals surface area contributed by atoms with Gasteiger partial charge in [0.15, 0.2) is 0 Å². The van der Waals surface area contributed by atoms with E-state index in [2.05, 4.69) is 4.72 Å². The van der Waals surface area contributed by atoms with Gasteiger partial charge in [-0.2, -0.15) is 4.72 Å². The third kappa shape index (κ3) is 4.76. The fraction of sp³-hybridized carbons (Fsp3) is 0.333. The number of carbonyl (C=O) groups excluding carboxylic acids is 1. The van der Waals surface area contributed by atoms with Crippen LogP contribution in [0, 0.1) is 33.6 Å². The van der Waals surface area contributed by atoms with Crippen LogP contribution in [0.15, 0.2) is 50.5 Å². The standard InChI is InChI=1S/C24H27NO6S/c1-13(2)22(25-32(28,29)18-9-7-14(3)8-10-18)24(27)31-20-12-15(4)11-19-21(20)16(5)17(6)23(26)30-19/h7-13,22,25H,1-6H3. The van der Waals surface area contributed by atoms with Crippen molar-refractivity contribution in [1.29, 1.82) is 0 Å². The largest absolute Gasteiger partial charge is 0.425 e. The van der Waals surface area contributed by atoms with E-state index in [9.17, 15) is 18.0 Å². The van der Waals surface area contributed by atoms with Crippen LogP contribution in [0.4, 0.5) is 0 Å². The van der Waals surface area contributed by atoms with Gasteiger partial charge in [0.05, 0.1) is 10.3 Å². The smallest absolute Gasteiger partial charge is 0.339 e. The van der Waals surface area contributed by atoms with Gasteiger partial charge < -0.3 is 9.15 Å². The molecule has 1 unspecified atom stereocenters. The molecular weight excluding hydrogens is 430 g/mol. The molecule has 3 rings (SSSR count). The van der Waals surface area contributed by atoms with Crippen molar-refractivity contribution in [2.24, 2.45) is 5.92 Å². The lowest BCUT2D eigenvalue weighted by molar-refractivity contribution is -0.137. The van der Waals surface area contributed by atoms with Crippen LogP contribution in [-0.4, -0.2) is 20.4 Å². The molecule has 0 fully saturated rings. The Morgan fingerprint density at radius 3 is 2.19 bits per heavy atom. The molecule has 0 aliphatic rings. The molecule has 1 atom stereocenters. The normalized spacial score (nSPS) is 12.8. The lowest BCUT2D eigenvalue weighted by atomic mass is 10.0. The summed E-state index contributed by atoms with van der Waals surface area (Å²) in [5.74, 6) is -0.903. The van der Waals surface area contributed by atoms with E-state index in [-0.39, 0.29) is 16.6 Å². The van der Waals surface area contributed by atoms with Crippen LogP contribution in [0.2, 0.25) is 0 Å². The van der Waals surface area contributed by atoms with Crippen molar-refractivity contribution in [1.82, 2.24) is 4.72 Å². The highest BCUT2D eigenvalue weighted by molar-refractivity contribution is 7.89. The number of esters is 1. The minimum atomic E-state index is -3.94. The van der Waals surface area contributed by atoms with Gasteiger partial charge in [-0.15, -0.1) is 0 Å². The fourth-order valence-electron chi connectivity index (χ4n) is 3.35. The van der Waals surface area contributed by atoms with E-state index in [0.717, 1.165) is 11.1 Å². The summed E-state index contributed by atoms with van der Waals surface area (Å²) in [4.78, 5) is 25.2. The summed E-state index contributed by atoms with van der Waals surface area (Å²) in [5.41, 5.74) is 2.56. The second-order valence-corrected chi connectivity index (χ2v) is 10.1. The third-order valence-corrected chi connectivity index (χ3v) is 6.86. The van der Waals surface area contributed by atoms with E-state index < -0.39 is 27.7 Å². The summed E-state index contributed by atoms with van der Waals surface area (Å²) in [6.07, 6.45) is 0. The minimum Gasteiger partial charge on any atom is -0.425 e. The van der Waals surface area contributed by atoms with Gasteiger partial charge in [0.1, 0.15) is 17.4 Å². The van der Waals surface area contributed by atoms with Crippen LogP contribution in [-0.2, 0) is 14.8 Å². The number of hydrogen-bond acceptors (Lipinski definition) is 6. The second kappa shape index (κ2) is 8.88. The predicted molar refractivity (Wildman–Crippen MR) is 122 cm³/mol. The first-order chi connectivity index (χ1) is 14.9. The van der Waals surface area contributed by atoms with Gasteiger partial charge in [-0.05, 0) is 69.0 Å². The van der Waals surface area contributed by atoms with Gasteiger partial charge in [0.2, 0.25) is 10.0 Å². The van der Waals surface area contributed by atoms with Crippen LogP contribution in [0.3, 0.4) is 0 Å². The molecule has 170 valence electrons. The first-order valence-electron chi connectivity index (χ1n) is 10.3. The molecule has 0 saturated heterocycles. The Morgan fingerprint density at radius 1 is 0.969 bits per heavy atom. The molecule has 1 aromatic heterocycles. The van der Waals surface area contributed by atoms with Gasteiger partial charge in [0, 0.05) is 5.56 Å². The summed E-state index contributed by atoms with van der Waals surface area (Å²) in [6.45, 7) is 10.5. The van der Waals surface area contributed by atoms with Gasteiger partial charge in [0.25, 0.3) is 0 Å². The van der Waals surface area contributed by atoms with Crippen molar-refractivity contribution >= 4 is 27.0 Å². The van der Waals surface area contributed by atoms with E-state index >= 15 is 0 Å². The molecule has 0 saturated carbocycles. The van der Waals surface area contributed by atoms with Crippen LogP contribution >= 0.6 is 0 Å². The number of sulfonamides is 1. The number of benzene rings is 2. The van der Waals surface area contributed by atoms with Crippen molar-refractivity contribution in [3.05, 3.63) is 69.1 Å². The summed E-state index contributed by atoms with van der Waals surface area (Å²) >= 11 is 0. The summed E-state index contributed by atoms with van der Waals surface area (Å²) in [5, 5.41) is 0.505. The maximum atomic E-state index is 13.1. The van der Waals surface area contributed by atoms with E-state index in [0.29, 0.717) is 22.1 Å². The van der Waals surface area contributed by atoms with Gasteiger partial charge in [-0.25, -0.2) is 18.0 Å². The van der Waals surface area contributed by atoms with Gasteiger partial charge in [-0.3, -0.25) is 0 Å². The van der Waals surface area contributed by atoms with Crippen molar-refractivity contribution in [3.8, 4) is 5.75 Å². The Kier molecular flexibility index (Phi) is 6.57. The maximum absolute atomic E-state index is 13.1. The summed E-state index contributed by atoms with van der Waals surface area (Å²) < 4.78 is 39.2. The molecule has 3 aromatic rings. The molecule has 1 N–H and O–H groups in total. The van der Waals surface area contributed by atoms with Crippen molar-refractivity contribution in [2.75, 3.05) is 0 Å². The molecule has 2 aromatic carbocycles. The summed E-state index contributed by atoms with van der Waals surface area (Å²) in [7, 11) is -3.94. The Bertz CT molecular complexity index is 1340. The third-order valence-electron chi connectivity index (χ3n) is 5.40. The lowest BCUT2D eigenvalue weighted by Gasteiger charge is -2.21. The second-order valence-electron chi connectivity index (χ2n) is 8.35. The van der Waals surface area contributed by atoms with Crippen molar-refractivity contribution in [2.45, 2.75) is 52.5 Å². The zero-order chi connectivity index (χ0) is 23.8. The Hall–Kier alpha value is -2.97. The molecule has 0 aliphatic heterocycles. The monoisotopic (exact) mass is 457 g/mol. The molecule has 32 heavy (non-hydrogen) atoms. The minimum absolute atomic E-state index is 0.0656. The Labute approximate surface area is 187 Å². The van der Waals surface area contributed by atoms with Crippen LogP contribution in [0.1, 0.15) is 36.1 Å². The zero-order valence-electron chi connectivity index (χ0n) is 19.0. The number of carbonyl (C=O) groups is 1. The van der Waals surface area contributed by atoms with E-state index in [1.54, 1.807) is 58.9 Å².